The molecule has 0 aliphatic carbocycles. The Morgan fingerprint density at radius 3 is 2.42 bits per heavy atom. The highest BCUT2D eigenvalue weighted by molar-refractivity contribution is 5.92. The summed E-state index contributed by atoms with van der Waals surface area (Å²) in [7, 11) is 0. The third-order valence-electron chi connectivity index (χ3n) is 4.60. The second-order valence-corrected chi connectivity index (χ2v) is 6.12. The predicted molar refractivity (Wildman–Crippen MR) is 94.1 cm³/mol. The van der Waals surface area contributed by atoms with Crippen LogP contribution in [0.1, 0.15) is 25.3 Å². The summed E-state index contributed by atoms with van der Waals surface area (Å²) in [5.41, 5.74) is 5.60. The van der Waals surface area contributed by atoms with Crippen molar-refractivity contribution in [3.63, 3.8) is 0 Å². The van der Waals surface area contributed by atoms with Crippen LogP contribution in [0.4, 0.5) is 0 Å². The number of benzene rings is 1. The van der Waals surface area contributed by atoms with Gasteiger partial charge in [0.05, 0.1) is 34.7 Å². The fourth-order valence-electron chi connectivity index (χ4n) is 3.36. The van der Waals surface area contributed by atoms with Crippen molar-refractivity contribution in [1.82, 2.24) is 20.7 Å². The third-order valence-corrected chi connectivity index (χ3v) is 4.60. The molecule has 3 heterocycles. The number of fused-ring (bicyclic) bond motifs is 1. The molecule has 1 aliphatic heterocycles. The summed E-state index contributed by atoms with van der Waals surface area (Å²) in [6, 6.07) is 12.0. The van der Waals surface area contributed by atoms with Crippen LogP contribution >= 0.6 is 0 Å². The first kappa shape index (κ1) is 15.7. The fraction of sp³-hybridized carbons (Fsp3) is 0.158. The van der Waals surface area contributed by atoms with Crippen LogP contribution in [0.25, 0.3) is 22.3 Å². The molecule has 2 aromatic heterocycles. The second-order valence-electron chi connectivity index (χ2n) is 6.12. The third kappa shape index (κ3) is 2.27. The van der Waals surface area contributed by atoms with Gasteiger partial charge < -0.3 is 9.84 Å². The summed E-state index contributed by atoms with van der Waals surface area (Å²) in [5.74, 6) is -0.407. The topological polar surface area (TPSA) is 114 Å². The number of hydrogen-bond acceptors (Lipinski definition) is 6. The van der Waals surface area contributed by atoms with Gasteiger partial charge in [-0.1, -0.05) is 11.2 Å². The van der Waals surface area contributed by atoms with Gasteiger partial charge in [0.15, 0.2) is 0 Å². The van der Waals surface area contributed by atoms with Crippen LogP contribution in [0.5, 0.6) is 0 Å². The lowest BCUT2D eigenvalue weighted by Gasteiger charge is -2.26. The molecule has 0 bridgehead atoms. The molecular formula is C19H14N6O. The standard InChI is InChI=1S/C19H14N6O/c1-10-14(8-20)18(15(9-21)11(2)22-10)12-3-4-16-13(7-12)19(24-23-16)17-5-6-26-25-17/h3-7,18,22H,1-2H3,(H,23,24). The lowest BCUT2D eigenvalue weighted by Crippen LogP contribution is -2.23. The average Bonchev–Trinajstić information content (AvgIpc) is 3.29. The highest BCUT2D eigenvalue weighted by atomic mass is 16.5. The zero-order chi connectivity index (χ0) is 18.3. The van der Waals surface area contributed by atoms with Gasteiger partial charge in [0, 0.05) is 22.8 Å². The number of nitrogens with zero attached hydrogens (tertiary/aromatic N) is 4. The molecule has 0 atom stereocenters. The molecule has 0 spiro atoms. The minimum absolute atomic E-state index is 0.407. The van der Waals surface area contributed by atoms with Gasteiger partial charge >= 0.3 is 0 Å². The van der Waals surface area contributed by atoms with Crippen LogP contribution < -0.4 is 5.32 Å². The van der Waals surface area contributed by atoms with Gasteiger partial charge in [-0.15, -0.1) is 0 Å². The van der Waals surface area contributed by atoms with Crippen LogP contribution in [0.3, 0.4) is 0 Å². The lowest BCUT2D eigenvalue weighted by atomic mass is 9.81. The van der Waals surface area contributed by atoms with E-state index in [1.807, 2.05) is 32.0 Å². The van der Waals surface area contributed by atoms with Crippen molar-refractivity contribution in [3.05, 3.63) is 58.6 Å². The molecule has 4 rings (SSSR count). The number of nitrogens with one attached hydrogen (secondary N) is 2. The van der Waals surface area contributed by atoms with Crippen molar-refractivity contribution in [2.24, 2.45) is 0 Å². The number of dihydropyridines is 1. The maximum Gasteiger partial charge on any atom is 0.134 e. The number of allylic oxidation sites excluding steroid dienone is 4. The zero-order valence-corrected chi connectivity index (χ0v) is 14.2. The molecule has 126 valence electrons. The molecule has 0 unspecified atom stereocenters. The molecule has 0 amide bonds. The van der Waals surface area contributed by atoms with E-state index in [-0.39, 0.29) is 0 Å². The van der Waals surface area contributed by atoms with E-state index in [2.05, 4.69) is 32.8 Å². The molecule has 3 aromatic rings. The van der Waals surface area contributed by atoms with Gasteiger partial charge in [-0.05, 0) is 31.5 Å². The lowest BCUT2D eigenvalue weighted by molar-refractivity contribution is 0.422. The van der Waals surface area contributed by atoms with Gasteiger partial charge in [-0.3, -0.25) is 5.10 Å². The van der Waals surface area contributed by atoms with Crippen LogP contribution in [0.15, 0.2) is 57.6 Å². The SMILES string of the molecule is CC1=C(C#N)C(c2ccc3[nH]nc(-c4ccon4)c3c2)C(C#N)=C(C)N1. The number of rotatable bonds is 2. The Morgan fingerprint density at radius 1 is 1.08 bits per heavy atom. The van der Waals surface area contributed by atoms with Crippen LogP contribution in [-0.2, 0) is 0 Å². The first-order valence-corrected chi connectivity index (χ1v) is 8.01. The van der Waals surface area contributed by atoms with E-state index >= 15 is 0 Å². The largest absolute Gasteiger partial charge is 0.364 e. The highest BCUT2D eigenvalue weighted by Gasteiger charge is 2.29. The Morgan fingerprint density at radius 2 is 1.81 bits per heavy atom. The predicted octanol–water partition coefficient (Wildman–Crippen LogP) is 3.50. The van der Waals surface area contributed by atoms with E-state index in [9.17, 15) is 10.5 Å². The minimum Gasteiger partial charge on any atom is -0.364 e. The number of hydrogen-bond donors (Lipinski definition) is 2. The quantitative estimate of drug-likeness (QED) is 0.736. The maximum absolute atomic E-state index is 9.65. The maximum atomic E-state index is 9.65. The number of aromatic nitrogens is 3. The van der Waals surface area contributed by atoms with E-state index in [1.165, 1.54) is 6.26 Å². The summed E-state index contributed by atoms with van der Waals surface area (Å²) in [6.45, 7) is 3.70. The Hall–Kier alpha value is -3.84. The van der Waals surface area contributed by atoms with Gasteiger partial charge in [0.1, 0.15) is 17.7 Å². The summed E-state index contributed by atoms with van der Waals surface area (Å²) < 4.78 is 4.92. The van der Waals surface area contributed by atoms with Gasteiger partial charge in [0.25, 0.3) is 0 Å². The van der Waals surface area contributed by atoms with E-state index in [1.54, 1.807) is 6.07 Å². The molecule has 0 saturated carbocycles. The van der Waals surface area contributed by atoms with E-state index < -0.39 is 5.92 Å². The van der Waals surface area contributed by atoms with Crippen LogP contribution in [0, 0.1) is 22.7 Å². The summed E-state index contributed by atoms with van der Waals surface area (Å²) in [4.78, 5) is 0. The molecule has 0 radical (unpaired) electrons. The van der Waals surface area contributed by atoms with Gasteiger partial charge in [-0.2, -0.15) is 15.6 Å². The number of H-pyrrole nitrogens is 1. The Labute approximate surface area is 149 Å². The van der Waals surface area contributed by atoms with Gasteiger partial charge in [0.2, 0.25) is 0 Å². The summed E-state index contributed by atoms with van der Waals surface area (Å²) in [6.07, 6.45) is 1.49. The van der Waals surface area contributed by atoms with Crippen molar-refractivity contribution < 1.29 is 4.52 Å². The van der Waals surface area contributed by atoms with Crippen molar-refractivity contribution >= 4 is 10.9 Å². The van der Waals surface area contributed by atoms with E-state index in [0.29, 0.717) is 22.5 Å². The molecule has 26 heavy (non-hydrogen) atoms. The Balaban J connectivity index is 1.93. The molecule has 0 saturated heterocycles. The summed E-state index contributed by atoms with van der Waals surface area (Å²) in [5, 5.41) is 34.5. The monoisotopic (exact) mass is 342 g/mol. The highest BCUT2D eigenvalue weighted by Crippen LogP contribution is 2.39. The van der Waals surface area contributed by atoms with E-state index in [4.69, 9.17) is 4.52 Å². The normalized spacial score (nSPS) is 15.1. The number of nitriles is 2. The Kier molecular flexibility index (Phi) is 3.56. The van der Waals surface area contributed by atoms with Crippen molar-refractivity contribution in [3.8, 4) is 23.5 Å². The smallest absolute Gasteiger partial charge is 0.134 e. The Bertz CT molecular complexity index is 1120. The van der Waals surface area contributed by atoms with Crippen molar-refractivity contribution in [2.45, 2.75) is 19.8 Å². The second kappa shape index (κ2) is 5.91. The zero-order valence-electron chi connectivity index (χ0n) is 14.2. The molecule has 0 fully saturated rings. The molecule has 1 aromatic carbocycles. The first-order chi connectivity index (χ1) is 12.6. The molecule has 7 nitrogen and oxygen atoms in total. The van der Waals surface area contributed by atoms with Gasteiger partial charge in [-0.25, -0.2) is 0 Å². The summed E-state index contributed by atoms with van der Waals surface area (Å²) >= 11 is 0. The van der Waals surface area contributed by atoms with Crippen molar-refractivity contribution in [1.29, 1.82) is 10.5 Å². The van der Waals surface area contributed by atoms with Crippen molar-refractivity contribution in [2.75, 3.05) is 0 Å². The molecule has 2 N–H and O–H groups in total. The van der Waals surface area contributed by atoms with E-state index in [0.717, 1.165) is 27.9 Å². The molecule has 1 aliphatic rings. The van der Waals surface area contributed by atoms with Crippen LogP contribution in [-0.4, -0.2) is 15.4 Å². The molecular weight excluding hydrogens is 328 g/mol. The average molecular weight is 342 g/mol. The van der Waals surface area contributed by atoms with Crippen LogP contribution in [0.2, 0.25) is 0 Å². The first-order valence-electron chi connectivity index (χ1n) is 8.01. The number of aromatic amines is 1. The fourth-order valence-corrected chi connectivity index (χ4v) is 3.36. The molecule has 7 heteroatoms. The minimum atomic E-state index is -0.407.